The summed E-state index contributed by atoms with van der Waals surface area (Å²) in [5.41, 5.74) is 7.44. The molecule has 1 aliphatic carbocycles. The largest absolute Gasteiger partial charge is 0.0651 e. The van der Waals surface area contributed by atoms with Crippen LogP contribution in [0.4, 0.5) is 0 Å². The van der Waals surface area contributed by atoms with Crippen molar-refractivity contribution in [2.24, 2.45) is 5.92 Å². The van der Waals surface area contributed by atoms with Crippen molar-refractivity contribution in [1.29, 1.82) is 0 Å². The van der Waals surface area contributed by atoms with Gasteiger partial charge in [0, 0.05) is 11.1 Å². The third-order valence-corrected chi connectivity index (χ3v) is 6.43. The normalized spacial score (nSPS) is 18.7. The van der Waals surface area contributed by atoms with Crippen molar-refractivity contribution in [1.82, 2.24) is 0 Å². The number of hydrogen-bond donors (Lipinski definition) is 0. The Labute approximate surface area is 176 Å². The fourth-order valence-corrected chi connectivity index (χ4v) is 4.38. The molecule has 3 aromatic carbocycles. The molecule has 3 aromatic rings. The van der Waals surface area contributed by atoms with Gasteiger partial charge in [-0.3, -0.25) is 0 Å². The minimum Gasteiger partial charge on any atom is -0.0651 e. The summed E-state index contributed by atoms with van der Waals surface area (Å²) < 4.78 is 0. The van der Waals surface area contributed by atoms with Crippen LogP contribution >= 0.6 is 0 Å². The topological polar surface area (TPSA) is 0 Å². The second-order valence-corrected chi connectivity index (χ2v) is 8.44. The Morgan fingerprint density at radius 1 is 0.655 bits per heavy atom. The van der Waals surface area contributed by atoms with Gasteiger partial charge in [-0.1, -0.05) is 79.3 Å². The lowest BCUT2D eigenvalue weighted by Crippen LogP contribution is -2.12. The smallest absolute Gasteiger partial charge is 0.0249 e. The lowest BCUT2D eigenvalue weighted by molar-refractivity contribution is 0.319. The van der Waals surface area contributed by atoms with E-state index in [1.165, 1.54) is 54.4 Å². The van der Waals surface area contributed by atoms with Crippen molar-refractivity contribution in [3.05, 3.63) is 95.1 Å². The SMILES string of the molecule is CCC1CCC(c2ccc(-c3ccc(C#Cc4ccc(C)cc4)cc3)cc2)CC1. The second kappa shape index (κ2) is 9.15. The van der Waals surface area contributed by atoms with Crippen LogP contribution in [0.25, 0.3) is 11.1 Å². The second-order valence-electron chi connectivity index (χ2n) is 8.44. The van der Waals surface area contributed by atoms with Crippen molar-refractivity contribution >= 4 is 0 Å². The molecule has 1 fully saturated rings. The molecule has 0 nitrogen and oxygen atoms in total. The maximum absolute atomic E-state index is 3.27. The zero-order valence-corrected chi connectivity index (χ0v) is 17.6. The van der Waals surface area contributed by atoms with E-state index in [-0.39, 0.29) is 0 Å². The van der Waals surface area contributed by atoms with Gasteiger partial charge in [0.15, 0.2) is 0 Å². The van der Waals surface area contributed by atoms with Gasteiger partial charge in [-0.2, -0.15) is 0 Å². The van der Waals surface area contributed by atoms with Crippen molar-refractivity contribution < 1.29 is 0 Å². The highest BCUT2D eigenvalue weighted by molar-refractivity contribution is 5.65. The fraction of sp³-hybridized carbons (Fsp3) is 0.310. The Balaban J connectivity index is 1.42. The average molecular weight is 379 g/mol. The number of rotatable bonds is 3. The molecule has 0 spiro atoms. The molecule has 0 aromatic heterocycles. The van der Waals surface area contributed by atoms with Gasteiger partial charge in [0.2, 0.25) is 0 Å². The molecule has 0 amide bonds. The highest BCUT2D eigenvalue weighted by atomic mass is 14.3. The van der Waals surface area contributed by atoms with E-state index < -0.39 is 0 Å². The van der Waals surface area contributed by atoms with E-state index in [0.29, 0.717) is 0 Å². The summed E-state index contributed by atoms with van der Waals surface area (Å²) in [6.45, 7) is 4.43. The van der Waals surface area contributed by atoms with Crippen molar-refractivity contribution in [3.8, 4) is 23.0 Å². The summed E-state index contributed by atoms with van der Waals surface area (Å²) in [7, 11) is 0. The van der Waals surface area contributed by atoms with E-state index >= 15 is 0 Å². The molecule has 29 heavy (non-hydrogen) atoms. The first-order chi connectivity index (χ1) is 14.2. The molecule has 0 heterocycles. The molecule has 0 N–H and O–H groups in total. The summed E-state index contributed by atoms with van der Waals surface area (Å²) in [5.74, 6) is 8.23. The van der Waals surface area contributed by atoms with Gasteiger partial charge < -0.3 is 0 Å². The summed E-state index contributed by atoms with van der Waals surface area (Å²) in [5, 5.41) is 0. The molecule has 4 rings (SSSR count). The predicted molar refractivity (Wildman–Crippen MR) is 124 cm³/mol. The van der Waals surface area contributed by atoms with Crippen LogP contribution in [0.2, 0.25) is 0 Å². The number of aryl methyl sites for hydroxylation is 1. The molecule has 0 bridgehead atoms. The lowest BCUT2D eigenvalue weighted by Gasteiger charge is -2.28. The first-order valence-corrected chi connectivity index (χ1v) is 11.0. The van der Waals surface area contributed by atoms with Crippen LogP contribution in [0.1, 0.15) is 67.2 Å². The molecule has 0 atom stereocenters. The van der Waals surface area contributed by atoms with E-state index in [0.717, 1.165) is 23.0 Å². The first kappa shape index (κ1) is 19.5. The quantitative estimate of drug-likeness (QED) is 0.409. The van der Waals surface area contributed by atoms with Crippen LogP contribution in [0.15, 0.2) is 72.8 Å². The number of benzene rings is 3. The summed E-state index contributed by atoms with van der Waals surface area (Å²) in [6.07, 6.45) is 6.84. The van der Waals surface area contributed by atoms with Gasteiger partial charge in [-0.25, -0.2) is 0 Å². The lowest BCUT2D eigenvalue weighted by atomic mass is 9.77. The fourth-order valence-electron chi connectivity index (χ4n) is 4.38. The van der Waals surface area contributed by atoms with Crippen molar-refractivity contribution in [3.63, 3.8) is 0 Å². The van der Waals surface area contributed by atoms with E-state index in [2.05, 4.69) is 98.5 Å². The molecule has 0 aliphatic heterocycles. The van der Waals surface area contributed by atoms with E-state index in [1.807, 2.05) is 0 Å². The Kier molecular flexibility index (Phi) is 6.16. The number of hydrogen-bond acceptors (Lipinski definition) is 0. The van der Waals surface area contributed by atoms with Crippen LogP contribution in [0.3, 0.4) is 0 Å². The van der Waals surface area contributed by atoms with E-state index in [9.17, 15) is 0 Å². The summed E-state index contributed by atoms with van der Waals surface area (Å²) in [6, 6.07) is 26.2. The maximum Gasteiger partial charge on any atom is 0.0249 e. The summed E-state index contributed by atoms with van der Waals surface area (Å²) in [4.78, 5) is 0. The first-order valence-electron chi connectivity index (χ1n) is 11.0. The van der Waals surface area contributed by atoms with E-state index in [1.54, 1.807) is 0 Å². The standard InChI is InChI=1S/C29H30/c1-3-23-10-14-26(15-11-23)28-18-20-29(21-19-28)27-16-12-25(13-17-27)9-8-24-6-4-22(2)5-7-24/h4-7,12-13,16-21,23,26H,3,10-11,14-15H2,1-2H3. The third kappa shape index (κ3) is 4.99. The van der Waals surface area contributed by atoms with Crippen molar-refractivity contribution in [2.75, 3.05) is 0 Å². The third-order valence-electron chi connectivity index (χ3n) is 6.43. The average Bonchev–Trinajstić information content (AvgIpc) is 2.79. The molecule has 0 saturated heterocycles. The van der Waals surface area contributed by atoms with Crippen LogP contribution in [-0.4, -0.2) is 0 Å². The Morgan fingerprint density at radius 3 is 1.66 bits per heavy atom. The van der Waals surface area contributed by atoms with Crippen LogP contribution in [0, 0.1) is 24.7 Å². The Hall–Kier alpha value is -2.78. The molecule has 1 aliphatic rings. The van der Waals surface area contributed by atoms with Crippen molar-refractivity contribution in [2.45, 2.75) is 51.9 Å². The highest BCUT2D eigenvalue weighted by Crippen LogP contribution is 2.37. The van der Waals surface area contributed by atoms with Crippen LogP contribution in [-0.2, 0) is 0 Å². The highest BCUT2D eigenvalue weighted by Gasteiger charge is 2.21. The maximum atomic E-state index is 3.27. The molecule has 0 unspecified atom stereocenters. The Bertz CT molecular complexity index is 971. The van der Waals surface area contributed by atoms with Gasteiger partial charge in [-0.15, -0.1) is 0 Å². The molecular formula is C29H30. The van der Waals surface area contributed by atoms with Gasteiger partial charge in [0.1, 0.15) is 0 Å². The van der Waals surface area contributed by atoms with Gasteiger partial charge in [-0.05, 0) is 85.4 Å². The van der Waals surface area contributed by atoms with Gasteiger partial charge in [0.05, 0.1) is 0 Å². The van der Waals surface area contributed by atoms with Gasteiger partial charge >= 0.3 is 0 Å². The zero-order valence-electron chi connectivity index (χ0n) is 17.6. The van der Waals surface area contributed by atoms with Crippen LogP contribution in [0.5, 0.6) is 0 Å². The Morgan fingerprint density at radius 2 is 1.14 bits per heavy atom. The molecule has 0 heteroatoms. The molecule has 146 valence electrons. The van der Waals surface area contributed by atoms with Crippen LogP contribution < -0.4 is 0 Å². The van der Waals surface area contributed by atoms with Gasteiger partial charge in [0.25, 0.3) is 0 Å². The minimum absolute atomic E-state index is 0.756. The zero-order chi connectivity index (χ0) is 20.1. The predicted octanol–water partition coefficient (Wildman–Crippen LogP) is 7.75. The summed E-state index contributed by atoms with van der Waals surface area (Å²) >= 11 is 0. The minimum atomic E-state index is 0.756. The molecular weight excluding hydrogens is 348 g/mol. The molecule has 0 radical (unpaired) electrons. The monoisotopic (exact) mass is 378 g/mol. The van der Waals surface area contributed by atoms with E-state index in [4.69, 9.17) is 0 Å². The molecule has 1 saturated carbocycles.